The predicted octanol–water partition coefficient (Wildman–Crippen LogP) is 5.95. The smallest absolute Gasteiger partial charge is 0.343 e. The SMILES string of the molecule is COc1ccc(Br)cc1C=C1Oc2cc(OC(=O)c3ccc(Cl)cc3)ccc2C1=O. The zero-order chi connectivity index (χ0) is 21.3. The van der Waals surface area contributed by atoms with Gasteiger partial charge in [0.2, 0.25) is 5.78 Å². The molecule has 1 heterocycles. The molecule has 0 saturated heterocycles. The third kappa shape index (κ3) is 4.10. The first-order chi connectivity index (χ1) is 14.4. The van der Waals surface area contributed by atoms with Crippen LogP contribution in [0.15, 0.2) is 70.9 Å². The van der Waals surface area contributed by atoms with Crippen LogP contribution in [-0.4, -0.2) is 18.9 Å². The Morgan fingerprint density at radius 1 is 1.07 bits per heavy atom. The number of hydrogen-bond donors (Lipinski definition) is 0. The summed E-state index contributed by atoms with van der Waals surface area (Å²) in [6.45, 7) is 0. The number of rotatable bonds is 4. The Hall–Kier alpha value is -3.09. The summed E-state index contributed by atoms with van der Waals surface area (Å²) in [5.74, 6) is 0.552. The van der Waals surface area contributed by atoms with E-state index in [2.05, 4.69) is 15.9 Å². The third-order valence-corrected chi connectivity index (χ3v) is 5.16. The summed E-state index contributed by atoms with van der Waals surface area (Å²) in [5, 5.41) is 0.525. The first-order valence-corrected chi connectivity index (χ1v) is 10.0. The molecule has 1 aliphatic rings. The van der Waals surface area contributed by atoms with Crippen LogP contribution < -0.4 is 14.2 Å². The number of allylic oxidation sites excluding steroid dienone is 1. The quantitative estimate of drug-likeness (QED) is 0.260. The van der Waals surface area contributed by atoms with Gasteiger partial charge in [0.25, 0.3) is 0 Å². The number of Topliss-reactive ketones (excluding diaryl/α,β-unsaturated/α-hetero) is 1. The van der Waals surface area contributed by atoms with Crippen LogP contribution in [0.4, 0.5) is 0 Å². The molecule has 0 radical (unpaired) electrons. The van der Waals surface area contributed by atoms with Crippen LogP contribution in [0.25, 0.3) is 6.08 Å². The Kier molecular flexibility index (Phi) is 5.61. The van der Waals surface area contributed by atoms with Crippen LogP contribution in [-0.2, 0) is 0 Å². The highest BCUT2D eigenvalue weighted by Crippen LogP contribution is 2.36. The highest BCUT2D eigenvalue weighted by Gasteiger charge is 2.28. The molecule has 0 amide bonds. The van der Waals surface area contributed by atoms with Crippen molar-refractivity contribution in [3.05, 3.63) is 92.6 Å². The lowest BCUT2D eigenvalue weighted by atomic mass is 10.1. The molecule has 0 unspecified atom stereocenters. The van der Waals surface area contributed by atoms with Gasteiger partial charge in [-0.15, -0.1) is 0 Å². The van der Waals surface area contributed by atoms with E-state index in [4.69, 9.17) is 25.8 Å². The van der Waals surface area contributed by atoms with E-state index in [9.17, 15) is 9.59 Å². The summed E-state index contributed by atoms with van der Waals surface area (Å²) in [5.41, 5.74) is 1.44. The number of hydrogen-bond acceptors (Lipinski definition) is 5. The summed E-state index contributed by atoms with van der Waals surface area (Å²) < 4.78 is 17.3. The number of ether oxygens (including phenoxy) is 3. The van der Waals surface area contributed by atoms with Gasteiger partial charge in [0.15, 0.2) is 5.76 Å². The van der Waals surface area contributed by atoms with Gasteiger partial charge >= 0.3 is 5.97 Å². The maximum Gasteiger partial charge on any atom is 0.343 e. The monoisotopic (exact) mass is 484 g/mol. The van der Waals surface area contributed by atoms with E-state index < -0.39 is 5.97 Å². The van der Waals surface area contributed by atoms with Crippen LogP contribution >= 0.6 is 27.5 Å². The Morgan fingerprint density at radius 2 is 1.83 bits per heavy atom. The minimum Gasteiger partial charge on any atom is -0.496 e. The zero-order valence-corrected chi connectivity index (χ0v) is 18.0. The molecule has 1 aliphatic heterocycles. The van der Waals surface area contributed by atoms with E-state index in [1.807, 2.05) is 12.1 Å². The maximum absolute atomic E-state index is 12.7. The van der Waals surface area contributed by atoms with Gasteiger partial charge in [-0.3, -0.25) is 4.79 Å². The summed E-state index contributed by atoms with van der Waals surface area (Å²) in [6.07, 6.45) is 1.62. The van der Waals surface area contributed by atoms with Crippen molar-refractivity contribution in [2.24, 2.45) is 0 Å². The fraction of sp³-hybridized carbons (Fsp3) is 0.0435. The average Bonchev–Trinajstić information content (AvgIpc) is 3.03. The van der Waals surface area contributed by atoms with Crippen LogP contribution in [0.1, 0.15) is 26.3 Å². The number of halogens is 2. The Morgan fingerprint density at radius 3 is 2.57 bits per heavy atom. The molecule has 0 atom stereocenters. The maximum atomic E-state index is 12.7. The van der Waals surface area contributed by atoms with Crippen molar-refractivity contribution in [3.8, 4) is 17.2 Å². The van der Waals surface area contributed by atoms with Gasteiger partial charge in [0.05, 0.1) is 18.2 Å². The van der Waals surface area contributed by atoms with Crippen molar-refractivity contribution in [3.63, 3.8) is 0 Å². The molecule has 150 valence electrons. The topological polar surface area (TPSA) is 61.8 Å². The van der Waals surface area contributed by atoms with Crippen LogP contribution in [0.5, 0.6) is 17.2 Å². The molecule has 0 saturated carbocycles. The van der Waals surface area contributed by atoms with Crippen LogP contribution in [0.2, 0.25) is 5.02 Å². The molecule has 5 nitrogen and oxygen atoms in total. The Labute approximate surface area is 186 Å². The van der Waals surface area contributed by atoms with Crippen molar-refractivity contribution in [1.29, 1.82) is 0 Å². The molecular weight excluding hydrogens is 472 g/mol. The predicted molar refractivity (Wildman–Crippen MR) is 116 cm³/mol. The standard InChI is InChI=1S/C23H14BrClO5/c1-28-19-9-4-15(24)10-14(19)11-21-22(26)18-8-7-17(12-20(18)30-21)29-23(27)13-2-5-16(25)6-3-13/h2-12H,1H3. The van der Waals surface area contributed by atoms with E-state index in [1.54, 1.807) is 55.7 Å². The van der Waals surface area contributed by atoms with Gasteiger partial charge in [-0.05, 0) is 60.7 Å². The number of fused-ring (bicyclic) bond motifs is 1. The first-order valence-electron chi connectivity index (χ1n) is 8.84. The molecule has 3 aromatic carbocycles. The van der Waals surface area contributed by atoms with Gasteiger partial charge in [-0.1, -0.05) is 27.5 Å². The van der Waals surface area contributed by atoms with Gasteiger partial charge in [0.1, 0.15) is 17.2 Å². The van der Waals surface area contributed by atoms with Gasteiger partial charge in [0, 0.05) is 21.1 Å². The number of carbonyl (C=O) groups excluding carboxylic acids is 2. The van der Waals surface area contributed by atoms with E-state index in [1.165, 1.54) is 6.07 Å². The van der Waals surface area contributed by atoms with E-state index >= 15 is 0 Å². The summed E-state index contributed by atoms with van der Waals surface area (Å²) in [7, 11) is 1.55. The number of esters is 1. The Balaban J connectivity index is 1.58. The molecule has 0 aromatic heterocycles. The molecular formula is C23H14BrClO5. The summed E-state index contributed by atoms with van der Waals surface area (Å²) >= 11 is 9.24. The van der Waals surface area contributed by atoms with Crippen molar-refractivity contribution >= 4 is 45.4 Å². The molecule has 0 aliphatic carbocycles. The second-order valence-electron chi connectivity index (χ2n) is 6.38. The van der Waals surface area contributed by atoms with Crippen LogP contribution in [0, 0.1) is 0 Å². The number of methoxy groups -OCH3 is 1. The largest absolute Gasteiger partial charge is 0.496 e. The Bertz CT molecular complexity index is 1180. The third-order valence-electron chi connectivity index (χ3n) is 4.41. The van der Waals surface area contributed by atoms with Gasteiger partial charge < -0.3 is 14.2 Å². The highest BCUT2D eigenvalue weighted by atomic mass is 79.9. The lowest BCUT2D eigenvalue weighted by Gasteiger charge is -2.06. The number of benzene rings is 3. The lowest BCUT2D eigenvalue weighted by Crippen LogP contribution is -2.08. The number of ketones is 1. The molecule has 7 heteroatoms. The van der Waals surface area contributed by atoms with E-state index in [-0.39, 0.29) is 17.3 Å². The van der Waals surface area contributed by atoms with E-state index in [0.29, 0.717) is 33.2 Å². The average molecular weight is 486 g/mol. The van der Waals surface area contributed by atoms with Crippen molar-refractivity contribution < 1.29 is 23.8 Å². The minimum atomic E-state index is -0.537. The fourth-order valence-electron chi connectivity index (χ4n) is 2.94. The van der Waals surface area contributed by atoms with Crippen LogP contribution in [0.3, 0.4) is 0 Å². The summed E-state index contributed by atoms with van der Waals surface area (Å²) in [6, 6.07) is 16.5. The second kappa shape index (κ2) is 8.34. The van der Waals surface area contributed by atoms with Gasteiger partial charge in [-0.25, -0.2) is 4.79 Å². The molecule has 3 aromatic rings. The fourth-order valence-corrected chi connectivity index (χ4v) is 3.45. The highest BCUT2D eigenvalue weighted by molar-refractivity contribution is 9.10. The first kappa shape index (κ1) is 20.2. The van der Waals surface area contributed by atoms with Crippen molar-refractivity contribution in [2.75, 3.05) is 7.11 Å². The van der Waals surface area contributed by atoms with Gasteiger partial charge in [-0.2, -0.15) is 0 Å². The zero-order valence-electron chi connectivity index (χ0n) is 15.6. The second-order valence-corrected chi connectivity index (χ2v) is 7.73. The molecule has 0 fully saturated rings. The molecule has 4 rings (SSSR count). The minimum absolute atomic E-state index is 0.155. The van der Waals surface area contributed by atoms with Crippen molar-refractivity contribution in [2.45, 2.75) is 0 Å². The molecule has 0 bridgehead atoms. The van der Waals surface area contributed by atoms with Crippen molar-refractivity contribution in [1.82, 2.24) is 0 Å². The lowest BCUT2D eigenvalue weighted by molar-refractivity contribution is 0.0734. The number of carbonyl (C=O) groups is 2. The normalized spacial score (nSPS) is 13.7. The van der Waals surface area contributed by atoms with E-state index in [0.717, 1.165) is 4.47 Å². The molecule has 0 spiro atoms. The summed E-state index contributed by atoms with van der Waals surface area (Å²) in [4.78, 5) is 25.0. The molecule has 30 heavy (non-hydrogen) atoms. The molecule has 0 N–H and O–H groups in total.